The van der Waals surface area contributed by atoms with Crippen LogP contribution in [0.25, 0.3) is 0 Å². The van der Waals surface area contributed by atoms with Crippen molar-refractivity contribution >= 4 is 22.8 Å². The lowest BCUT2D eigenvalue weighted by atomic mass is 10.1. The number of rotatable bonds is 8. The second-order valence-electron chi connectivity index (χ2n) is 4.79. The highest BCUT2D eigenvalue weighted by Crippen LogP contribution is 2.20. The summed E-state index contributed by atoms with van der Waals surface area (Å²) in [6, 6.07) is 3.88. The molecule has 0 spiro atoms. The van der Waals surface area contributed by atoms with Crippen LogP contribution in [-0.4, -0.2) is 16.1 Å². The summed E-state index contributed by atoms with van der Waals surface area (Å²) in [4.78, 5) is 0. The second kappa shape index (κ2) is 8.67. The number of unbranched alkanes of at least 4 members (excludes halogenated alkanes) is 2. The summed E-state index contributed by atoms with van der Waals surface area (Å²) in [7, 11) is 0. The topological polar surface area (TPSA) is 120 Å². The Morgan fingerprint density at radius 1 is 1.24 bits per heavy atom. The van der Waals surface area contributed by atoms with Crippen LogP contribution >= 0.6 is 0 Å². The summed E-state index contributed by atoms with van der Waals surface area (Å²) >= 11 is 0. The first kappa shape index (κ1) is 17.5. The van der Waals surface area contributed by atoms with E-state index in [1.165, 1.54) is 12.1 Å². The lowest BCUT2D eigenvalue weighted by Crippen LogP contribution is -3.00. The summed E-state index contributed by atoms with van der Waals surface area (Å²) in [6.07, 6.45) is 4.13. The molecule has 2 atom stereocenters. The maximum absolute atomic E-state index is 11.2. The first-order valence-electron chi connectivity index (χ1n) is 6.85. The normalized spacial score (nSPS) is 14.9. The van der Waals surface area contributed by atoms with Crippen molar-refractivity contribution in [2.75, 3.05) is 5.43 Å². The fraction of sp³-hybridized carbons (Fsp3) is 0.462. The average molecular weight is 298 g/mol. The number of anilines is 1. The summed E-state index contributed by atoms with van der Waals surface area (Å²) in [5.74, 6) is 0. The Morgan fingerprint density at radius 2 is 1.95 bits per heavy atom. The third kappa shape index (κ3) is 5.76. The predicted molar refractivity (Wildman–Crippen MR) is 78.9 cm³/mol. The van der Waals surface area contributed by atoms with Crippen LogP contribution in [0, 0.1) is 10.4 Å². The third-order valence-electron chi connectivity index (χ3n) is 3.01. The van der Waals surface area contributed by atoms with Gasteiger partial charge in [-0.3, -0.25) is 5.43 Å². The van der Waals surface area contributed by atoms with E-state index in [1.807, 2.05) is 6.92 Å². The Bertz CT molecular complexity index is 477. The van der Waals surface area contributed by atoms with Crippen molar-refractivity contribution in [3.63, 3.8) is 0 Å². The Kier molecular flexibility index (Phi) is 7.23. The molecule has 0 aliphatic heterocycles. The molecule has 0 amide bonds. The quantitative estimate of drug-likeness (QED) is 0.277. The molecule has 0 aliphatic rings. The molecule has 0 bridgehead atoms. The zero-order valence-corrected chi connectivity index (χ0v) is 12.2. The van der Waals surface area contributed by atoms with E-state index in [9.17, 15) is 10.4 Å². The smallest absolute Gasteiger partial charge is 0.195 e. The van der Waals surface area contributed by atoms with E-state index in [0.29, 0.717) is 0 Å². The summed E-state index contributed by atoms with van der Waals surface area (Å²) < 4.78 is 0. The van der Waals surface area contributed by atoms with Crippen LogP contribution in [0.1, 0.15) is 39.5 Å². The van der Waals surface area contributed by atoms with Gasteiger partial charge in [0.2, 0.25) is 0 Å². The minimum atomic E-state index is -1.19. The lowest BCUT2D eigenvalue weighted by molar-refractivity contribution is -0.996. The molecule has 1 aromatic rings. The van der Waals surface area contributed by atoms with E-state index < -0.39 is 10.5 Å². The third-order valence-corrected chi connectivity index (χ3v) is 3.01. The number of hydrogen-bond acceptors (Lipinski definition) is 6. The van der Waals surface area contributed by atoms with Gasteiger partial charge in [0.1, 0.15) is 5.69 Å². The van der Waals surface area contributed by atoms with E-state index in [2.05, 4.69) is 17.5 Å². The Labute approximate surface area is 123 Å². The highest BCUT2D eigenvalue weighted by molar-refractivity contribution is 5.83. The molecule has 1 rings (SSSR count). The number of hydrogen-bond donors (Lipinski definition) is 5. The zero-order chi connectivity index (χ0) is 15.8. The van der Waals surface area contributed by atoms with Crippen molar-refractivity contribution in [3.8, 4) is 0 Å². The van der Waals surface area contributed by atoms with Crippen LogP contribution in [-0.2, 0) is 0 Å². The molecule has 118 valence electrons. The van der Waals surface area contributed by atoms with E-state index in [1.54, 1.807) is 0 Å². The van der Waals surface area contributed by atoms with Crippen LogP contribution in [0.2, 0.25) is 0 Å². The standard InChI is InChI=1S/C13H22N4O4/c1-3-4-5-6-10(2)14-15-12-8-7-11(16(18)19)9-13(12)17(20)21/h7-9,15-18,20H,3-6H2,1-2H3. The average Bonchev–Trinajstić information content (AvgIpc) is 2.45. The second-order valence-corrected chi connectivity index (χ2v) is 4.79. The van der Waals surface area contributed by atoms with Crippen molar-refractivity contribution in [3.05, 3.63) is 28.6 Å². The summed E-state index contributed by atoms with van der Waals surface area (Å²) in [5, 5.41) is 41.8. The van der Waals surface area contributed by atoms with Crippen molar-refractivity contribution < 1.29 is 20.9 Å². The fourth-order valence-corrected chi connectivity index (χ4v) is 1.79. The molecule has 0 fully saturated rings. The number of nitrogens with zero attached hydrogens (tertiary/aromatic N) is 1. The molecular weight excluding hydrogens is 276 g/mol. The first-order chi connectivity index (χ1) is 9.95. The molecule has 21 heavy (non-hydrogen) atoms. The van der Waals surface area contributed by atoms with Crippen LogP contribution in [0.3, 0.4) is 0 Å². The van der Waals surface area contributed by atoms with Gasteiger partial charge >= 0.3 is 0 Å². The first-order valence-corrected chi connectivity index (χ1v) is 6.85. The maximum Gasteiger partial charge on any atom is 0.195 e. The highest BCUT2D eigenvalue weighted by atomic mass is 16.8. The molecule has 0 heterocycles. The maximum atomic E-state index is 11.2. The van der Waals surface area contributed by atoms with Gasteiger partial charge in [-0.05, 0) is 25.8 Å². The molecule has 8 heteroatoms. The molecule has 8 nitrogen and oxygen atoms in total. The van der Waals surface area contributed by atoms with Crippen molar-refractivity contribution in [2.45, 2.75) is 39.5 Å². The minimum absolute atomic E-state index is 0.0680. The molecule has 0 aliphatic carbocycles. The van der Waals surface area contributed by atoms with E-state index in [4.69, 9.17) is 10.4 Å². The van der Waals surface area contributed by atoms with Gasteiger partial charge in [-0.2, -0.15) is 15.6 Å². The summed E-state index contributed by atoms with van der Waals surface area (Å²) in [5.41, 5.74) is 3.68. The van der Waals surface area contributed by atoms with Crippen molar-refractivity contribution in [2.24, 2.45) is 5.10 Å². The van der Waals surface area contributed by atoms with Crippen LogP contribution in [0.15, 0.2) is 23.3 Å². The predicted octanol–water partition coefficient (Wildman–Crippen LogP) is 0.861. The fourth-order valence-electron chi connectivity index (χ4n) is 1.79. The number of hydrazone groups is 1. The van der Waals surface area contributed by atoms with Crippen LogP contribution in [0.5, 0.6) is 0 Å². The van der Waals surface area contributed by atoms with Gasteiger partial charge < -0.3 is 10.4 Å². The number of benzene rings is 1. The molecule has 0 radical (unpaired) electrons. The van der Waals surface area contributed by atoms with Gasteiger partial charge in [0.05, 0.1) is 6.07 Å². The van der Waals surface area contributed by atoms with Gasteiger partial charge in [0, 0.05) is 11.8 Å². The highest BCUT2D eigenvalue weighted by Gasteiger charge is 2.13. The molecule has 0 aromatic heterocycles. The van der Waals surface area contributed by atoms with E-state index >= 15 is 0 Å². The largest absolute Gasteiger partial charge is 0.595 e. The SMILES string of the molecule is CCCCCC(C)=NNc1ccc([NH+]([O-])O)cc1[NH+]([O-])O. The minimum Gasteiger partial charge on any atom is -0.595 e. The van der Waals surface area contributed by atoms with E-state index in [0.717, 1.165) is 37.5 Å². The molecular formula is C13H22N4O4. The number of nitrogens with one attached hydrogen (secondary N) is 3. The Morgan fingerprint density at radius 3 is 2.52 bits per heavy atom. The lowest BCUT2D eigenvalue weighted by Gasteiger charge is -2.18. The van der Waals surface area contributed by atoms with Crippen molar-refractivity contribution in [1.82, 2.24) is 0 Å². The monoisotopic (exact) mass is 298 g/mol. The van der Waals surface area contributed by atoms with Gasteiger partial charge in [-0.25, -0.2) is 10.4 Å². The number of quaternary nitrogens is 2. The molecule has 5 N–H and O–H groups in total. The Hall–Kier alpha value is -1.55. The van der Waals surface area contributed by atoms with Gasteiger partial charge in [0.15, 0.2) is 11.4 Å². The van der Waals surface area contributed by atoms with Gasteiger partial charge in [-0.1, -0.05) is 19.8 Å². The van der Waals surface area contributed by atoms with Gasteiger partial charge in [0.25, 0.3) is 0 Å². The molecule has 2 unspecified atom stereocenters. The van der Waals surface area contributed by atoms with Gasteiger partial charge in [-0.15, -0.1) is 0 Å². The zero-order valence-electron chi connectivity index (χ0n) is 12.2. The van der Waals surface area contributed by atoms with Crippen LogP contribution < -0.4 is 15.9 Å². The van der Waals surface area contributed by atoms with E-state index in [-0.39, 0.29) is 17.1 Å². The Balaban J connectivity index is 2.80. The molecule has 0 saturated heterocycles. The molecule has 0 saturated carbocycles. The van der Waals surface area contributed by atoms with Crippen molar-refractivity contribution in [1.29, 1.82) is 0 Å². The molecule has 1 aromatic carbocycles. The summed E-state index contributed by atoms with van der Waals surface area (Å²) in [6.45, 7) is 3.99. The van der Waals surface area contributed by atoms with Crippen LogP contribution in [0.4, 0.5) is 17.1 Å².